The number of halogens is 1. The minimum atomic E-state index is -0.000633. The third-order valence-corrected chi connectivity index (χ3v) is 2.29. The average molecular weight is 192 g/mol. The minimum absolute atomic E-state index is 0.000633. The molecule has 1 aliphatic heterocycles. The maximum absolute atomic E-state index is 11.0. The van der Waals surface area contributed by atoms with E-state index in [1.165, 1.54) is 0 Å². The number of hydrogen-bond acceptors (Lipinski definition) is 2. The van der Waals surface area contributed by atoms with Crippen LogP contribution in [0.1, 0.15) is 13.8 Å². The van der Waals surface area contributed by atoms with Crippen LogP contribution < -0.4 is 0 Å². The van der Waals surface area contributed by atoms with Crippen LogP contribution in [0.4, 0.5) is 0 Å². The van der Waals surface area contributed by atoms with Gasteiger partial charge in [0, 0.05) is 20.0 Å². The van der Waals surface area contributed by atoms with Gasteiger partial charge in [0.05, 0.1) is 18.1 Å². The van der Waals surface area contributed by atoms with Crippen molar-refractivity contribution in [2.45, 2.75) is 26.1 Å². The lowest BCUT2D eigenvalue weighted by molar-refractivity contribution is -0.140. The zero-order valence-corrected chi connectivity index (χ0v) is 8.17. The summed E-state index contributed by atoms with van der Waals surface area (Å²) < 4.78 is 5.49. The van der Waals surface area contributed by atoms with E-state index >= 15 is 0 Å². The van der Waals surface area contributed by atoms with Crippen molar-refractivity contribution in [3.63, 3.8) is 0 Å². The van der Waals surface area contributed by atoms with Crippen LogP contribution in [0, 0.1) is 0 Å². The second-order valence-electron chi connectivity index (χ2n) is 3.15. The summed E-state index contributed by atoms with van der Waals surface area (Å²) in [5.41, 5.74) is 0. The lowest BCUT2D eigenvalue weighted by Gasteiger charge is -2.35. The van der Waals surface area contributed by atoms with Crippen LogP contribution in [-0.2, 0) is 9.53 Å². The molecule has 1 fully saturated rings. The zero-order chi connectivity index (χ0) is 9.14. The molecule has 3 nitrogen and oxygen atoms in total. The van der Waals surface area contributed by atoms with Crippen molar-refractivity contribution < 1.29 is 9.53 Å². The van der Waals surface area contributed by atoms with E-state index in [0.717, 1.165) is 0 Å². The van der Waals surface area contributed by atoms with E-state index in [-0.39, 0.29) is 18.1 Å². The Morgan fingerprint density at radius 1 is 1.67 bits per heavy atom. The van der Waals surface area contributed by atoms with Gasteiger partial charge in [-0.1, -0.05) is 0 Å². The van der Waals surface area contributed by atoms with E-state index in [2.05, 4.69) is 0 Å². The molecule has 70 valence electrons. The topological polar surface area (TPSA) is 29.5 Å². The molecule has 1 heterocycles. The van der Waals surface area contributed by atoms with Gasteiger partial charge >= 0.3 is 0 Å². The number of carbonyl (C=O) groups is 1. The standard InChI is InChI=1S/C8H14ClNO2/c1-6-4-10(7(2)11)5-8(3-9)12-6/h6,8H,3-5H2,1-2H3. The molecule has 0 aromatic rings. The smallest absolute Gasteiger partial charge is 0.219 e. The number of amides is 1. The van der Waals surface area contributed by atoms with Gasteiger partial charge in [0.15, 0.2) is 0 Å². The van der Waals surface area contributed by atoms with Gasteiger partial charge in [-0.3, -0.25) is 4.79 Å². The molecule has 1 amide bonds. The number of ether oxygens (including phenoxy) is 1. The number of nitrogens with zero attached hydrogens (tertiary/aromatic N) is 1. The highest BCUT2D eigenvalue weighted by atomic mass is 35.5. The third-order valence-electron chi connectivity index (χ3n) is 1.94. The second-order valence-corrected chi connectivity index (χ2v) is 3.46. The summed E-state index contributed by atoms with van der Waals surface area (Å²) >= 11 is 5.65. The van der Waals surface area contributed by atoms with Crippen LogP contribution in [0.5, 0.6) is 0 Å². The molecule has 0 radical (unpaired) electrons. The summed E-state index contributed by atoms with van der Waals surface area (Å²) in [6, 6.07) is 0. The number of alkyl halides is 1. The first kappa shape index (κ1) is 9.81. The number of rotatable bonds is 1. The molecular weight excluding hydrogens is 178 g/mol. The SMILES string of the molecule is CC(=O)N1CC(C)OC(CCl)C1. The normalized spacial score (nSPS) is 30.4. The van der Waals surface area contributed by atoms with Crippen molar-refractivity contribution in [2.24, 2.45) is 0 Å². The molecule has 12 heavy (non-hydrogen) atoms. The average Bonchev–Trinajstić information content (AvgIpc) is 2.03. The van der Waals surface area contributed by atoms with Gasteiger partial charge in [-0.25, -0.2) is 0 Å². The van der Waals surface area contributed by atoms with Crippen molar-refractivity contribution in [2.75, 3.05) is 19.0 Å². The van der Waals surface area contributed by atoms with Gasteiger partial charge < -0.3 is 9.64 Å². The van der Waals surface area contributed by atoms with Gasteiger partial charge in [0.2, 0.25) is 5.91 Å². The van der Waals surface area contributed by atoms with Crippen molar-refractivity contribution >= 4 is 17.5 Å². The van der Waals surface area contributed by atoms with Gasteiger partial charge in [0.1, 0.15) is 0 Å². The summed E-state index contributed by atoms with van der Waals surface area (Å²) in [5, 5.41) is 0. The fourth-order valence-corrected chi connectivity index (χ4v) is 1.56. The van der Waals surface area contributed by atoms with E-state index in [1.807, 2.05) is 6.92 Å². The summed E-state index contributed by atoms with van der Waals surface area (Å²) in [6.45, 7) is 4.84. The third kappa shape index (κ3) is 2.35. The summed E-state index contributed by atoms with van der Waals surface area (Å²) in [5.74, 6) is 0.550. The van der Waals surface area contributed by atoms with Crippen molar-refractivity contribution in [1.82, 2.24) is 4.90 Å². The van der Waals surface area contributed by atoms with Crippen LogP contribution >= 0.6 is 11.6 Å². The lowest BCUT2D eigenvalue weighted by atomic mass is 10.2. The Balaban J connectivity index is 2.51. The second kappa shape index (κ2) is 4.10. The summed E-state index contributed by atoms with van der Waals surface area (Å²) in [6.07, 6.45) is 0.103. The van der Waals surface area contributed by atoms with Crippen LogP contribution in [0.25, 0.3) is 0 Å². The van der Waals surface area contributed by atoms with E-state index in [1.54, 1.807) is 11.8 Å². The summed E-state index contributed by atoms with van der Waals surface area (Å²) in [4.78, 5) is 12.8. The molecule has 0 saturated carbocycles. The lowest BCUT2D eigenvalue weighted by Crippen LogP contribution is -2.49. The monoisotopic (exact) mass is 191 g/mol. The molecular formula is C8H14ClNO2. The quantitative estimate of drug-likeness (QED) is 0.576. The predicted molar refractivity (Wildman–Crippen MR) is 47.3 cm³/mol. The van der Waals surface area contributed by atoms with Gasteiger partial charge in [-0.05, 0) is 6.92 Å². The fourth-order valence-electron chi connectivity index (χ4n) is 1.39. The molecule has 0 aliphatic carbocycles. The van der Waals surface area contributed by atoms with Gasteiger partial charge in [-0.15, -0.1) is 11.6 Å². The molecule has 0 bridgehead atoms. The Kier molecular flexibility index (Phi) is 3.35. The Labute approximate surface area is 77.6 Å². The maximum atomic E-state index is 11.0. The van der Waals surface area contributed by atoms with Crippen molar-refractivity contribution in [3.05, 3.63) is 0 Å². The molecule has 0 N–H and O–H groups in total. The van der Waals surface area contributed by atoms with Gasteiger partial charge in [-0.2, -0.15) is 0 Å². The predicted octanol–water partition coefficient (Wildman–Crippen LogP) is 0.861. The molecule has 1 rings (SSSR count). The first-order valence-electron chi connectivity index (χ1n) is 4.10. The molecule has 4 heteroatoms. The maximum Gasteiger partial charge on any atom is 0.219 e. The van der Waals surface area contributed by atoms with Crippen LogP contribution in [0.2, 0.25) is 0 Å². The van der Waals surface area contributed by atoms with E-state index in [0.29, 0.717) is 19.0 Å². The Hall–Kier alpha value is -0.280. The van der Waals surface area contributed by atoms with Gasteiger partial charge in [0.25, 0.3) is 0 Å². The summed E-state index contributed by atoms with van der Waals surface area (Å²) in [7, 11) is 0. The highest BCUT2D eigenvalue weighted by Crippen LogP contribution is 2.11. The van der Waals surface area contributed by atoms with Crippen LogP contribution in [-0.4, -0.2) is 42.0 Å². The highest BCUT2D eigenvalue weighted by Gasteiger charge is 2.25. The fraction of sp³-hybridized carbons (Fsp3) is 0.875. The van der Waals surface area contributed by atoms with E-state index in [4.69, 9.17) is 16.3 Å². The molecule has 1 aliphatic rings. The van der Waals surface area contributed by atoms with Crippen LogP contribution in [0.3, 0.4) is 0 Å². The Morgan fingerprint density at radius 3 is 2.83 bits per heavy atom. The van der Waals surface area contributed by atoms with Crippen LogP contribution in [0.15, 0.2) is 0 Å². The zero-order valence-electron chi connectivity index (χ0n) is 7.42. The van der Waals surface area contributed by atoms with Crippen molar-refractivity contribution in [1.29, 1.82) is 0 Å². The Bertz CT molecular complexity index is 174. The van der Waals surface area contributed by atoms with E-state index < -0.39 is 0 Å². The molecule has 0 spiro atoms. The Morgan fingerprint density at radius 2 is 2.33 bits per heavy atom. The first-order chi connectivity index (χ1) is 5.63. The number of morpholine rings is 1. The molecule has 0 aromatic carbocycles. The first-order valence-corrected chi connectivity index (χ1v) is 4.64. The molecule has 2 unspecified atom stereocenters. The molecule has 0 aromatic heterocycles. The number of carbonyl (C=O) groups excluding carboxylic acids is 1. The highest BCUT2D eigenvalue weighted by molar-refractivity contribution is 6.18. The largest absolute Gasteiger partial charge is 0.370 e. The van der Waals surface area contributed by atoms with E-state index in [9.17, 15) is 4.79 Å². The molecule has 1 saturated heterocycles. The minimum Gasteiger partial charge on any atom is -0.370 e. The molecule has 2 atom stereocenters. The van der Waals surface area contributed by atoms with Crippen molar-refractivity contribution in [3.8, 4) is 0 Å². The number of hydrogen-bond donors (Lipinski definition) is 0.